The molecule has 0 bridgehead atoms. The normalized spacial score (nSPS) is 35.6. The van der Waals surface area contributed by atoms with Crippen LogP contribution in [-0.2, 0) is 4.79 Å². The minimum absolute atomic E-state index is 0.269. The molecule has 0 radical (unpaired) electrons. The Morgan fingerprint density at radius 1 is 1.06 bits per heavy atom. The SMILES string of the molecule is CC1CCC2=C(C1=O)C(C(C)C)CCC2C. The van der Waals surface area contributed by atoms with E-state index in [1.807, 2.05) is 0 Å². The zero-order chi connectivity index (χ0) is 11.9. The van der Waals surface area contributed by atoms with Crippen LogP contribution in [0.15, 0.2) is 11.1 Å². The molecule has 0 saturated carbocycles. The predicted octanol–water partition coefficient (Wildman–Crippen LogP) is 3.98. The minimum atomic E-state index is 0.269. The molecule has 0 aromatic heterocycles. The second kappa shape index (κ2) is 4.35. The van der Waals surface area contributed by atoms with Gasteiger partial charge in [-0.25, -0.2) is 0 Å². The molecule has 0 spiro atoms. The molecule has 1 nitrogen and oxygen atoms in total. The molecule has 16 heavy (non-hydrogen) atoms. The highest BCUT2D eigenvalue weighted by molar-refractivity contribution is 5.99. The highest BCUT2D eigenvalue weighted by Gasteiger charge is 2.37. The number of Topliss-reactive ketones (excluding diaryl/α,β-unsaturated/α-hetero) is 1. The maximum atomic E-state index is 12.4. The molecule has 90 valence electrons. The Hall–Kier alpha value is -0.590. The molecule has 2 rings (SSSR count). The van der Waals surface area contributed by atoms with Crippen LogP contribution in [0.5, 0.6) is 0 Å². The Morgan fingerprint density at radius 3 is 2.38 bits per heavy atom. The van der Waals surface area contributed by atoms with Crippen molar-refractivity contribution in [1.29, 1.82) is 0 Å². The molecule has 3 unspecified atom stereocenters. The van der Waals surface area contributed by atoms with Crippen molar-refractivity contribution >= 4 is 5.78 Å². The van der Waals surface area contributed by atoms with Crippen LogP contribution in [0.1, 0.15) is 53.4 Å². The van der Waals surface area contributed by atoms with E-state index in [1.54, 1.807) is 0 Å². The Kier molecular flexibility index (Phi) is 3.23. The zero-order valence-corrected chi connectivity index (χ0v) is 11.0. The largest absolute Gasteiger partial charge is 0.294 e. The Labute approximate surface area is 99.3 Å². The lowest BCUT2D eigenvalue weighted by Gasteiger charge is -2.38. The maximum Gasteiger partial charge on any atom is 0.161 e. The summed E-state index contributed by atoms with van der Waals surface area (Å²) >= 11 is 0. The van der Waals surface area contributed by atoms with Gasteiger partial charge in [0.25, 0.3) is 0 Å². The zero-order valence-electron chi connectivity index (χ0n) is 11.0. The molecule has 3 atom stereocenters. The van der Waals surface area contributed by atoms with Crippen LogP contribution in [0.4, 0.5) is 0 Å². The van der Waals surface area contributed by atoms with E-state index in [1.165, 1.54) is 30.4 Å². The average molecular weight is 220 g/mol. The number of rotatable bonds is 1. The number of carbonyl (C=O) groups excluding carboxylic acids is 1. The fourth-order valence-electron chi connectivity index (χ4n) is 3.41. The number of hydrogen-bond acceptors (Lipinski definition) is 1. The third kappa shape index (κ3) is 1.85. The number of carbonyl (C=O) groups is 1. The predicted molar refractivity (Wildman–Crippen MR) is 67.2 cm³/mol. The molecule has 0 saturated heterocycles. The van der Waals surface area contributed by atoms with Crippen LogP contribution in [0, 0.1) is 23.7 Å². The van der Waals surface area contributed by atoms with Crippen LogP contribution in [0.25, 0.3) is 0 Å². The topological polar surface area (TPSA) is 17.1 Å². The smallest absolute Gasteiger partial charge is 0.161 e. The first-order chi connectivity index (χ1) is 7.52. The second-order valence-electron chi connectivity index (χ2n) is 6.07. The molecular weight excluding hydrogens is 196 g/mol. The van der Waals surface area contributed by atoms with E-state index >= 15 is 0 Å². The van der Waals surface area contributed by atoms with Gasteiger partial charge in [-0.15, -0.1) is 0 Å². The van der Waals surface area contributed by atoms with Crippen molar-refractivity contribution in [3.05, 3.63) is 11.1 Å². The van der Waals surface area contributed by atoms with E-state index < -0.39 is 0 Å². The van der Waals surface area contributed by atoms with Crippen molar-refractivity contribution < 1.29 is 4.79 Å². The van der Waals surface area contributed by atoms with Crippen LogP contribution < -0.4 is 0 Å². The first-order valence-corrected chi connectivity index (χ1v) is 6.79. The van der Waals surface area contributed by atoms with Crippen molar-refractivity contribution in [2.45, 2.75) is 53.4 Å². The summed E-state index contributed by atoms with van der Waals surface area (Å²) in [6.45, 7) is 8.92. The quantitative estimate of drug-likeness (QED) is 0.653. The Morgan fingerprint density at radius 2 is 1.75 bits per heavy atom. The summed E-state index contributed by atoms with van der Waals surface area (Å²) < 4.78 is 0. The lowest BCUT2D eigenvalue weighted by atomic mass is 9.66. The van der Waals surface area contributed by atoms with Crippen molar-refractivity contribution in [2.24, 2.45) is 23.7 Å². The molecule has 0 aromatic carbocycles. The van der Waals surface area contributed by atoms with Crippen LogP contribution >= 0.6 is 0 Å². The number of ketones is 1. The maximum absolute atomic E-state index is 12.4. The van der Waals surface area contributed by atoms with Crippen LogP contribution in [0.2, 0.25) is 0 Å². The summed E-state index contributed by atoms with van der Waals surface area (Å²) in [7, 11) is 0. The van der Waals surface area contributed by atoms with E-state index in [4.69, 9.17) is 0 Å². The summed E-state index contributed by atoms with van der Waals surface area (Å²) in [6.07, 6.45) is 4.75. The van der Waals surface area contributed by atoms with Gasteiger partial charge in [-0.05, 0) is 49.0 Å². The first-order valence-electron chi connectivity index (χ1n) is 6.79. The van der Waals surface area contributed by atoms with Gasteiger partial charge in [-0.2, -0.15) is 0 Å². The standard InChI is InChI=1S/C15H24O/c1-9(2)12-7-5-10(3)13-8-6-11(4)15(16)14(12)13/h9-12H,5-8H2,1-4H3. The highest BCUT2D eigenvalue weighted by atomic mass is 16.1. The molecule has 2 aliphatic carbocycles. The van der Waals surface area contributed by atoms with Crippen LogP contribution in [-0.4, -0.2) is 5.78 Å². The van der Waals surface area contributed by atoms with Gasteiger partial charge in [0.05, 0.1) is 0 Å². The molecule has 1 heteroatoms. The molecule has 0 aromatic rings. The highest BCUT2D eigenvalue weighted by Crippen LogP contribution is 2.44. The van der Waals surface area contributed by atoms with E-state index in [-0.39, 0.29) is 5.92 Å². The summed E-state index contributed by atoms with van der Waals surface area (Å²) in [5.41, 5.74) is 2.75. The Balaban J connectivity index is 2.41. The van der Waals surface area contributed by atoms with E-state index in [0.717, 1.165) is 6.42 Å². The average Bonchev–Trinajstić information content (AvgIpc) is 2.23. The summed E-state index contributed by atoms with van der Waals surface area (Å²) in [6, 6.07) is 0. The van der Waals surface area contributed by atoms with Gasteiger partial charge in [0, 0.05) is 5.92 Å². The fraction of sp³-hybridized carbons (Fsp3) is 0.800. The molecule has 0 amide bonds. The van der Waals surface area contributed by atoms with E-state index in [0.29, 0.717) is 23.5 Å². The summed E-state index contributed by atoms with van der Waals surface area (Å²) in [5, 5.41) is 0. The Bertz CT molecular complexity index is 324. The van der Waals surface area contributed by atoms with Gasteiger partial charge in [0.15, 0.2) is 5.78 Å². The lowest BCUT2D eigenvalue weighted by Crippen LogP contribution is -2.32. The summed E-state index contributed by atoms with van der Waals surface area (Å²) in [5.74, 6) is 2.55. The number of allylic oxidation sites excluding steroid dienone is 2. The molecule has 0 aliphatic heterocycles. The molecule has 0 N–H and O–H groups in total. The second-order valence-corrected chi connectivity index (χ2v) is 6.07. The van der Waals surface area contributed by atoms with Gasteiger partial charge in [-0.1, -0.05) is 33.3 Å². The monoisotopic (exact) mass is 220 g/mol. The van der Waals surface area contributed by atoms with Crippen molar-refractivity contribution in [2.75, 3.05) is 0 Å². The molecule has 0 heterocycles. The van der Waals surface area contributed by atoms with Gasteiger partial charge < -0.3 is 0 Å². The third-order valence-corrected chi connectivity index (χ3v) is 4.59. The molecule has 2 aliphatic rings. The van der Waals surface area contributed by atoms with Crippen molar-refractivity contribution in [1.82, 2.24) is 0 Å². The first kappa shape index (κ1) is 11.9. The van der Waals surface area contributed by atoms with Gasteiger partial charge >= 0.3 is 0 Å². The molecule has 0 fully saturated rings. The van der Waals surface area contributed by atoms with Gasteiger partial charge in [0.2, 0.25) is 0 Å². The molecular formula is C15H24O. The lowest BCUT2D eigenvalue weighted by molar-refractivity contribution is -0.120. The van der Waals surface area contributed by atoms with E-state index in [9.17, 15) is 4.79 Å². The van der Waals surface area contributed by atoms with Gasteiger partial charge in [0.1, 0.15) is 0 Å². The minimum Gasteiger partial charge on any atom is -0.294 e. The van der Waals surface area contributed by atoms with Crippen LogP contribution in [0.3, 0.4) is 0 Å². The third-order valence-electron chi connectivity index (χ3n) is 4.59. The fourth-order valence-corrected chi connectivity index (χ4v) is 3.41. The number of hydrogen-bond donors (Lipinski definition) is 0. The van der Waals surface area contributed by atoms with Gasteiger partial charge in [-0.3, -0.25) is 4.79 Å². The van der Waals surface area contributed by atoms with Crippen molar-refractivity contribution in [3.8, 4) is 0 Å². The van der Waals surface area contributed by atoms with E-state index in [2.05, 4.69) is 27.7 Å². The van der Waals surface area contributed by atoms with Crippen molar-refractivity contribution in [3.63, 3.8) is 0 Å². The summed E-state index contributed by atoms with van der Waals surface area (Å²) in [4.78, 5) is 12.4.